The number of H-pyrrole nitrogens is 1. The second-order valence-corrected chi connectivity index (χ2v) is 11.0. The molecule has 2 unspecified atom stereocenters. The van der Waals surface area contributed by atoms with Gasteiger partial charge < -0.3 is 4.90 Å². The molecule has 6 rings (SSSR count). The Balaban J connectivity index is 1.30. The van der Waals surface area contributed by atoms with Crippen molar-refractivity contribution in [1.82, 2.24) is 20.1 Å². The number of hydrogen-bond acceptors (Lipinski definition) is 4. The van der Waals surface area contributed by atoms with E-state index in [1.165, 1.54) is 61.9 Å². The van der Waals surface area contributed by atoms with E-state index < -0.39 is 10.8 Å². The number of aromatic nitrogens is 3. The number of fused-ring (bicyclic) bond motifs is 2. The maximum Gasteiger partial charge on any atom is 0.181 e. The normalized spacial score (nSPS) is 19.7. The molecule has 6 heteroatoms. The fourth-order valence-electron chi connectivity index (χ4n) is 5.63. The van der Waals surface area contributed by atoms with Crippen LogP contribution < -0.4 is 0 Å². The first-order valence-electron chi connectivity index (χ1n) is 12.3. The minimum Gasteiger partial charge on any atom is -0.300 e. The van der Waals surface area contributed by atoms with Crippen molar-refractivity contribution in [1.29, 1.82) is 0 Å². The fraction of sp³-hybridized carbons (Fsp3) is 0.357. The Morgan fingerprint density at radius 1 is 0.912 bits per heavy atom. The van der Waals surface area contributed by atoms with Crippen LogP contribution in [0.25, 0.3) is 33.4 Å². The topological polar surface area (TPSA) is 61.9 Å². The molecule has 5 nitrogen and oxygen atoms in total. The first-order valence-corrected chi connectivity index (χ1v) is 13.9. The molecule has 2 aromatic carbocycles. The molecule has 2 aromatic heterocycles. The SMILES string of the molecule is CS(=O)c1ccc(-c2[nH]nc3ncc(-c4ccc5c(c4)CCC(N4CCCC4)CC5)cc23)cc1. The lowest BCUT2D eigenvalue weighted by Gasteiger charge is -2.25. The molecular weight excluding hydrogens is 440 g/mol. The van der Waals surface area contributed by atoms with Gasteiger partial charge in [-0.1, -0.05) is 30.3 Å². The summed E-state index contributed by atoms with van der Waals surface area (Å²) in [5, 5.41) is 8.58. The first-order chi connectivity index (χ1) is 16.7. The number of pyridine rings is 1. The quantitative estimate of drug-likeness (QED) is 0.407. The van der Waals surface area contributed by atoms with E-state index in [0.717, 1.165) is 39.6 Å². The molecule has 3 heterocycles. The Morgan fingerprint density at radius 2 is 1.65 bits per heavy atom. The summed E-state index contributed by atoms with van der Waals surface area (Å²) < 4.78 is 11.7. The van der Waals surface area contributed by atoms with Crippen LogP contribution in [0, 0.1) is 0 Å². The lowest BCUT2D eigenvalue weighted by atomic mass is 9.96. The van der Waals surface area contributed by atoms with Crippen LogP contribution in [0.5, 0.6) is 0 Å². The summed E-state index contributed by atoms with van der Waals surface area (Å²) in [7, 11) is -0.986. The second-order valence-electron chi connectivity index (χ2n) is 9.63. The number of likely N-dealkylation sites (tertiary alicyclic amines) is 1. The molecule has 34 heavy (non-hydrogen) atoms. The standard InChI is InChI=1S/C28H30N4OS/c1-34(33)25-12-8-20(9-13-25)27-26-17-23(18-29-28(26)31-30-27)22-5-4-19-6-10-24(11-7-21(19)16-22)32-14-2-3-15-32/h4-5,8-9,12-13,16-18,24H,2-3,6-7,10-11,14-15H2,1H3,(H,29,30,31). The molecule has 0 radical (unpaired) electrons. The molecule has 0 amide bonds. The Morgan fingerprint density at radius 3 is 2.41 bits per heavy atom. The Kier molecular flexibility index (Phi) is 5.79. The van der Waals surface area contributed by atoms with Gasteiger partial charge in [-0.3, -0.25) is 9.31 Å². The van der Waals surface area contributed by atoms with Gasteiger partial charge in [-0.05, 0) is 86.5 Å². The molecule has 0 bridgehead atoms. The van der Waals surface area contributed by atoms with Crippen molar-refractivity contribution in [3.63, 3.8) is 0 Å². The summed E-state index contributed by atoms with van der Waals surface area (Å²) in [6.45, 7) is 2.56. The highest BCUT2D eigenvalue weighted by atomic mass is 32.2. The van der Waals surface area contributed by atoms with Gasteiger partial charge in [-0.15, -0.1) is 0 Å². The summed E-state index contributed by atoms with van der Waals surface area (Å²) in [4.78, 5) is 8.19. The second kappa shape index (κ2) is 9.08. The van der Waals surface area contributed by atoms with Crippen molar-refractivity contribution in [2.24, 2.45) is 0 Å². The third-order valence-electron chi connectivity index (χ3n) is 7.57. The van der Waals surface area contributed by atoms with Gasteiger partial charge in [-0.2, -0.15) is 5.10 Å². The molecule has 174 valence electrons. The van der Waals surface area contributed by atoms with E-state index in [2.05, 4.69) is 44.3 Å². The van der Waals surface area contributed by atoms with Crippen molar-refractivity contribution in [2.75, 3.05) is 19.3 Å². The average Bonchev–Trinajstić information content (AvgIpc) is 3.50. The van der Waals surface area contributed by atoms with Gasteiger partial charge in [0.1, 0.15) is 0 Å². The highest BCUT2D eigenvalue weighted by molar-refractivity contribution is 7.84. The van der Waals surface area contributed by atoms with Crippen molar-refractivity contribution in [2.45, 2.75) is 49.5 Å². The zero-order valence-electron chi connectivity index (χ0n) is 19.6. The van der Waals surface area contributed by atoms with E-state index in [1.807, 2.05) is 30.5 Å². The van der Waals surface area contributed by atoms with Crippen LogP contribution in [-0.2, 0) is 23.6 Å². The molecule has 1 saturated heterocycles. The number of aryl methyl sites for hydroxylation is 2. The van der Waals surface area contributed by atoms with Crippen LogP contribution in [0.2, 0.25) is 0 Å². The maximum atomic E-state index is 11.7. The largest absolute Gasteiger partial charge is 0.300 e. The van der Waals surface area contributed by atoms with Crippen molar-refractivity contribution in [3.8, 4) is 22.4 Å². The highest BCUT2D eigenvalue weighted by Crippen LogP contribution is 2.32. The van der Waals surface area contributed by atoms with E-state index in [1.54, 1.807) is 6.26 Å². The number of nitrogens with zero attached hydrogens (tertiary/aromatic N) is 3. The van der Waals surface area contributed by atoms with E-state index in [0.29, 0.717) is 5.65 Å². The summed E-state index contributed by atoms with van der Waals surface area (Å²) in [6, 6.07) is 17.7. The summed E-state index contributed by atoms with van der Waals surface area (Å²) in [5.41, 5.74) is 8.02. The maximum absolute atomic E-state index is 11.7. The Labute approximate surface area is 203 Å². The fourth-order valence-corrected chi connectivity index (χ4v) is 6.15. The smallest absolute Gasteiger partial charge is 0.181 e. The van der Waals surface area contributed by atoms with Crippen LogP contribution in [-0.4, -0.2) is 49.7 Å². The molecule has 2 atom stereocenters. The average molecular weight is 471 g/mol. The first kappa shape index (κ1) is 21.7. The predicted octanol–water partition coefficient (Wildman–Crippen LogP) is 5.37. The molecule has 2 aliphatic rings. The predicted molar refractivity (Wildman–Crippen MR) is 138 cm³/mol. The zero-order valence-corrected chi connectivity index (χ0v) is 20.4. The molecule has 1 aliphatic carbocycles. The van der Waals surface area contributed by atoms with Crippen LogP contribution in [0.15, 0.2) is 59.6 Å². The Hall–Kier alpha value is -2.83. The Bertz CT molecular complexity index is 1350. The minimum atomic E-state index is -0.986. The van der Waals surface area contributed by atoms with E-state index >= 15 is 0 Å². The van der Waals surface area contributed by atoms with Gasteiger partial charge >= 0.3 is 0 Å². The molecule has 1 N–H and O–H groups in total. The van der Waals surface area contributed by atoms with Gasteiger partial charge in [-0.25, -0.2) is 4.98 Å². The summed E-state index contributed by atoms with van der Waals surface area (Å²) in [5.74, 6) is 0. The monoisotopic (exact) mass is 470 g/mol. The zero-order chi connectivity index (χ0) is 23.1. The van der Waals surface area contributed by atoms with Crippen molar-refractivity contribution in [3.05, 3.63) is 65.9 Å². The highest BCUT2D eigenvalue weighted by Gasteiger charge is 2.24. The molecule has 4 aromatic rings. The van der Waals surface area contributed by atoms with Crippen LogP contribution in [0.1, 0.15) is 36.8 Å². The number of aromatic amines is 1. The van der Waals surface area contributed by atoms with Crippen LogP contribution >= 0.6 is 0 Å². The van der Waals surface area contributed by atoms with Gasteiger partial charge in [0.2, 0.25) is 0 Å². The number of hydrogen-bond donors (Lipinski definition) is 1. The van der Waals surface area contributed by atoms with Crippen LogP contribution in [0.4, 0.5) is 0 Å². The molecule has 0 spiro atoms. The third-order valence-corrected chi connectivity index (χ3v) is 8.51. The molecule has 1 aliphatic heterocycles. The van der Waals surface area contributed by atoms with E-state index in [4.69, 9.17) is 0 Å². The van der Waals surface area contributed by atoms with Crippen molar-refractivity contribution < 1.29 is 4.21 Å². The lowest BCUT2D eigenvalue weighted by Crippen LogP contribution is -2.32. The van der Waals surface area contributed by atoms with Gasteiger partial charge in [0, 0.05) is 50.7 Å². The molecule has 1 fully saturated rings. The number of nitrogens with one attached hydrogen (secondary N) is 1. The molecular formula is C28H30N4OS. The van der Waals surface area contributed by atoms with E-state index in [-0.39, 0.29) is 0 Å². The third kappa shape index (κ3) is 4.10. The van der Waals surface area contributed by atoms with Gasteiger partial charge in [0.25, 0.3) is 0 Å². The molecule has 0 saturated carbocycles. The van der Waals surface area contributed by atoms with Gasteiger partial charge in [0.15, 0.2) is 5.65 Å². The lowest BCUT2D eigenvalue weighted by molar-refractivity contribution is 0.222. The number of rotatable bonds is 4. The van der Waals surface area contributed by atoms with Crippen molar-refractivity contribution >= 4 is 21.8 Å². The van der Waals surface area contributed by atoms with Gasteiger partial charge in [0.05, 0.1) is 5.69 Å². The van der Waals surface area contributed by atoms with Crippen LogP contribution in [0.3, 0.4) is 0 Å². The summed E-state index contributed by atoms with van der Waals surface area (Å²) in [6.07, 6.45) is 11.2. The summed E-state index contributed by atoms with van der Waals surface area (Å²) >= 11 is 0. The van der Waals surface area contributed by atoms with E-state index in [9.17, 15) is 4.21 Å². The number of benzene rings is 2. The minimum absolute atomic E-state index is 0.713.